The molecule has 2 atom stereocenters. The molecule has 0 radical (unpaired) electrons. The summed E-state index contributed by atoms with van der Waals surface area (Å²) in [5.74, 6) is 1.15. The van der Waals surface area contributed by atoms with Gasteiger partial charge in [0.05, 0.1) is 0 Å². The molecule has 0 aromatic heterocycles. The fourth-order valence-corrected chi connectivity index (χ4v) is 1.29. The van der Waals surface area contributed by atoms with Crippen molar-refractivity contribution < 1.29 is 5.11 Å². The summed E-state index contributed by atoms with van der Waals surface area (Å²) in [6.45, 7) is 8.91. The summed E-state index contributed by atoms with van der Waals surface area (Å²) in [6.07, 6.45) is 4.54. The van der Waals surface area contributed by atoms with Gasteiger partial charge in [-0.1, -0.05) is 25.5 Å². The standard InChI is InChI=1S/C11H22O/c1-9(2)5-6-10(3)7-11(4)8-12/h5,10-12H,6-8H2,1-4H3. The third-order valence-corrected chi connectivity index (χ3v) is 2.04. The Morgan fingerprint density at radius 2 is 1.83 bits per heavy atom. The molecule has 0 bridgehead atoms. The normalized spacial score (nSPS) is 15.4. The molecular weight excluding hydrogens is 148 g/mol. The van der Waals surface area contributed by atoms with Gasteiger partial charge in [-0.05, 0) is 38.5 Å². The van der Waals surface area contributed by atoms with Crippen LogP contribution in [0.3, 0.4) is 0 Å². The molecule has 0 heterocycles. The maximum absolute atomic E-state index is 8.85. The van der Waals surface area contributed by atoms with Gasteiger partial charge in [-0.2, -0.15) is 0 Å². The quantitative estimate of drug-likeness (QED) is 0.629. The Morgan fingerprint density at radius 1 is 1.25 bits per heavy atom. The molecule has 0 aliphatic heterocycles. The summed E-state index contributed by atoms with van der Waals surface area (Å²) in [4.78, 5) is 0. The fraction of sp³-hybridized carbons (Fsp3) is 0.818. The molecule has 0 aromatic carbocycles. The number of allylic oxidation sites excluding steroid dienone is 2. The van der Waals surface area contributed by atoms with Crippen LogP contribution < -0.4 is 0 Å². The molecule has 0 aliphatic rings. The molecule has 0 saturated carbocycles. The van der Waals surface area contributed by atoms with E-state index in [1.54, 1.807) is 0 Å². The van der Waals surface area contributed by atoms with Crippen molar-refractivity contribution in [3.05, 3.63) is 11.6 Å². The van der Waals surface area contributed by atoms with Crippen LogP contribution >= 0.6 is 0 Å². The summed E-state index contributed by atoms with van der Waals surface area (Å²) in [5, 5.41) is 8.85. The molecule has 0 rings (SSSR count). The molecule has 0 aromatic rings. The van der Waals surface area contributed by atoms with Gasteiger partial charge in [0, 0.05) is 6.61 Å². The van der Waals surface area contributed by atoms with E-state index in [4.69, 9.17) is 5.11 Å². The molecule has 0 spiro atoms. The molecule has 0 fully saturated rings. The Labute approximate surface area is 76.5 Å². The van der Waals surface area contributed by atoms with E-state index in [9.17, 15) is 0 Å². The number of aliphatic hydroxyl groups excluding tert-OH is 1. The predicted molar refractivity (Wildman–Crippen MR) is 54.1 cm³/mol. The van der Waals surface area contributed by atoms with Gasteiger partial charge in [0.25, 0.3) is 0 Å². The van der Waals surface area contributed by atoms with Gasteiger partial charge in [-0.15, -0.1) is 0 Å². The van der Waals surface area contributed by atoms with Crippen molar-refractivity contribution >= 4 is 0 Å². The minimum atomic E-state index is 0.319. The Balaban J connectivity index is 3.59. The molecule has 0 saturated heterocycles. The number of hydrogen-bond acceptors (Lipinski definition) is 1. The van der Waals surface area contributed by atoms with Crippen molar-refractivity contribution in [3.63, 3.8) is 0 Å². The highest BCUT2D eigenvalue weighted by Gasteiger charge is 2.05. The zero-order valence-electron chi connectivity index (χ0n) is 8.80. The van der Waals surface area contributed by atoms with E-state index in [0.717, 1.165) is 12.8 Å². The Bertz CT molecular complexity index is 134. The maximum atomic E-state index is 8.85. The smallest absolute Gasteiger partial charge is 0.0456 e. The van der Waals surface area contributed by atoms with E-state index in [-0.39, 0.29) is 0 Å². The van der Waals surface area contributed by atoms with Crippen LogP contribution in [0.5, 0.6) is 0 Å². The highest BCUT2D eigenvalue weighted by atomic mass is 16.3. The predicted octanol–water partition coefficient (Wildman–Crippen LogP) is 3.00. The Hall–Kier alpha value is -0.300. The topological polar surface area (TPSA) is 20.2 Å². The van der Waals surface area contributed by atoms with Gasteiger partial charge in [0.2, 0.25) is 0 Å². The second kappa shape index (κ2) is 6.24. The Morgan fingerprint density at radius 3 is 2.25 bits per heavy atom. The van der Waals surface area contributed by atoms with Gasteiger partial charge < -0.3 is 5.11 Å². The lowest BCUT2D eigenvalue weighted by Crippen LogP contribution is -2.06. The van der Waals surface area contributed by atoms with E-state index in [2.05, 4.69) is 33.8 Å². The Kier molecular flexibility index (Phi) is 6.09. The van der Waals surface area contributed by atoms with Crippen molar-refractivity contribution in [1.82, 2.24) is 0 Å². The van der Waals surface area contributed by atoms with Crippen molar-refractivity contribution in [2.24, 2.45) is 11.8 Å². The second-order valence-electron chi connectivity index (χ2n) is 4.15. The van der Waals surface area contributed by atoms with Crippen molar-refractivity contribution in [3.8, 4) is 0 Å². The van der Waals surface area contributed by atoms with Gasteiger partial charge in [-0.3, -0.25) is 0 Å². The van der Waals surface area contributed by atoms with E-state index in [1.807, 2.05) is 0 Å². The summed E-state index contributed by atoms with van der Waals surface area (Å²) >= 11 is 0. The van der Waals surface area contributed by atoms with Crippen LogP contribution in [0.25, 0.3) is 0 Å². The zero-order chi connectivity index (χ0) is 9.56. The lowest BCUT2D eigenvalue weighted by atomic mass is 9.95. The van der Waals surface area contributed by atoms with Crippen LogP contribution in [0.4, 0.5) is 0 Å². The largest absolute Gasteiger partial charge is 0.396 e. The summed E-state index contributed by atoms with van der Waals surface area (Å²) < 4.78 is 0. The molecule has 2 unspecified atom stereocenters. The van der Waals surface area contributed by atoms with Crippen molar-refractivity contribution in [1.29, 1.82) is 0 Å². The summed E-state index contributed by atoms with van der Waals surface area (Å²) in [7, 11) is 0. The second-order valence-corrected chi connectivity index (χ2v) is 4.15. The average Bonchev–Trinajstić information content (AvgIpc) is 2.00. The monoisotopic (exact) mass is 170 g/mol. The number of aliphatic hydroxyl groups is 1. The zero-order valence-corrected chi connectivity index (χ0v) is 8.80. The van der Waals surface area contributed by atoms with Crippen molar-refractivity contribution in [2.45, 2.75) is 40.5 Å². The molecule has 12 heavy (non-hydrogen) atoms. The van der Waals surface area contributed by atoms with E-state index in [0.29, 0.717) is 18.4 Å². The van der Waals surface area contributed by atoms with Crippen LogP contribution in [0.2, 0.25) is 0 Å². The van der Waals surface area contributed by atoms with Crippen LogP contribution in [0.15, 0.2) is 11.6 Å². The van der Waals surface area contributed by atoms with Crippen LogP contribution in [0.1, 0.15) is 40.5 Å². The van der Waals surface area contributed by atoms with Crippen LogP contribution in [-0.2, 0) is 0 Å². The third kappa shape index (κ3) is 6.41. The third-order valence-electron chi connectivity index (χ3n) is 2.04. The van der Waals surface area contributed by atoms with Gasteiger partial charge >= 0.3 is 0 Å². The fourth-order valence-electron chi connectivity index (χ4n) is 1.29. The first-order valence-electron chi connectivity index (χ1n) is 4.80. The van der Waals surface area contributed by atoms with Gasteiger partial charge in [-0.25, -0.2) is 0 Å². The first kappa shape index (κ1) is 11.7. The molecule has 0 aliphatic carbocycles. The van der Waals surface area contributed by atoms with E-state index >= 15 is 0 Å². The highest BCUT2D eigenvalue weighted by molar-refractivity contribution is 4.93. The lowest BCUT2D eigenvalue weighted by molar-refractivity contribution is 0.215. The lowest BCUT2D eigenvalue weighted by Gasteiger charge is -2.13. The first-order valence-corrected chi connectivity index (χ1v) is 4.80. The van der Waals surface area contributed by atoms with Crippen LogP contribution in [-0.4, -0.2) is 11.7 Å². The van der Waals surface area contributed by atoms with E-state index < -0.39 is 0 Å². The average molecular weight is 170 g/mol. The molecule has 1 heteroatoms. The SMILES string of the molecule is CC(C)=CCC(C)CC(C)CO. The molecular formula is C11H22O. The van der Waals surface area contributed by atoms with Gasteiger partial charge in [0.15, 0.2) is 0 Å². The summed E-state index contributed by atoms with van der Waals surface area (Å²) in [5.41, 5.74) is 1.39. The molecule has 72 valence electrons. The molecule has 1 N–H and O–H groups in total. The summed E-state index contributed by atoms with van der Waals surface area (Å²) in [6, 6.07) is 0. The van der Waals surface area contributed by atoms with Crippen molar-refractivity contribution in [2.75, 3.05) is 6.61 Å². The number of hydrogen-bond donors (Lipinski definition) is 1. The minimum absolute atomic E-state index is 0.319. The van der Waals surface area contributed by atoms with E-state index in [1.165, 1.54) is 5.57 Å². The minimum Gasteiger partial charge on any atom is -0.396 e. The first-order chi connectivity index (χ1) is 5.56. The highest BCUT2D eigenvalue weighted by Crippen LogP contribution is 2.15. The molecule has 1 nitrogen and oxygen atoms in total. The maximum Gasteiger partial charge on any atom is 0.0456 e. The van der Waals surface area contributed by atoms with Gasteiger partial charge in [0.1, 0.15) is 0 Å². The van der Waals surface area contributed by atoms with Crippen LogP contribution in [0, 0.1) is 11.8 Å². The number of rotatable bonds is 5. The molecule has 0 amide bonds.